The molecule has 5 nitrogen and oxygen atoms in total. The number of anilines is 1. The molecule has 0 aliphatic carbocycles. The van der Waals surface area contributed by atoms with Crippen LogP contribution in [0.4, 0.5) is 5.69 Å². The van der Waals surface area contributed by atoms with Gasteiger partial charge in [0.25, 0.3) is 5.91 Å². The van der Waals surface area contributed by atoms with Crippen LogP contribution in [0, 0.1) is 0 Å². The Kier molecular flexibility index (Phi) is 4.41. The maximum atomic E-state index is 12.9. The molecule has 0 bridgehead atoms. The van der Waals surface area contributed by atoms with Crippen molar-refractivity contribution in [2.75, 3.05) is 26.2 Å². The number of methoxy groups -OCH3 is 2. The van der Waals surface area contributed by atoms with Crippen LogP contribution in [0.5, 0.6) is 11.5 Å². The fourth-order valence-electron chi connectivity index (χ4n) is 2.93. The standard InChI is InChI=1S/C21H18N2O3S/c1-23(15-5-8-16(25-2)9-6-15)21(24)19-11-14-10-13-4-7-17(26-3)12-18(13)22-20(14)27-19/h4-12H,1-3H3. The van der Waals surface area contributed by atoms with Crippen LogP contribution in [0.25, 0.3) is 21.1 Å². The van der Waals surface area contributed by atoms with E-state index < -0.39 is 0 Å². The summed E-state index contributed by atoms with van der Waals surface area (Å²) in [4.78, 5) is 20.7. The number of thiophene rings is 1. The van der Waals surface area contributed by atoms with Crippen molar-refractivity contribution in [3.63, 3.8) is 0 Å². The lowest BCUT2D eigenvalue weighted by molar-refractivity contribution is 0.0997. The number of fused-ring (bicyclic) bond motifs is 2. The summed E-state index contributed by atoms with van der Waals surface area (Å²) in [5.74, 6) is 1.46. The number of ether oxygens (including phenoxy) is 2. The Bertz CT molecular complexity index is 1140. The second kappa shape index (κ2) is 6.89. The molecule has 2 aromatic carbocycles. The minimum absolute atomic E-state index is 0.0650. The summed E-state index contributed by atoms with van der Waals surface area (Å²) < 4.78 is 10.4. The van der Waals surface area contributed by atoms with E-state index in [0.29, 0.717) is 4.88 Å². The van der Waals surface area contributed by atoms with Crippen molar-refractivity contribution >= 4 is 44.1 Å². The van der Waals surface area contributed by atoms with Crippen LogP contribution in [0.15, 0.2) is 54.6 Å². The second-order valence-corrected chi connectivity index (χ2v) is 7.14. The van der Waals surface area contributed by atoms with E-state index in [1.54, 1.807) is 26.2 Å². The molecule has 4 rings (SSSR count). The Morgan fingerprint density at radius 1 is 0.926 bits per heavy atom. The summed E-state index contributed by atoms with van der Waals surface area (Å²) >= 11 is 1.40. The maximum absolute atomic E-state index is 12.9. The highest BCUT2D eigenvalue weighted by Crippen LogP contribution is 2.30. The van der Waals surface area contributed by atoms with E-state index in [1.807, 2.05) is 48.5 Å². The second-order valence-electron chi connectivity index (χ2n) is 6.11. The van der Waals surface area contributed by atoms with Crippen molar-refractivity contribution in [1.29, 1.82) is 0 Å². The smallest absolute Gasteiger partial charge is 0.268 e. The number of rotatable bonds is 4. The van der Waals surface area contributed by atoms with Crippen LogP contribution in [0.1, 0.15) is 9.67 Å². The van der Waals surface area contributed by atoms with E-state index in [4.69, 9.17) is 14.5 Å². The van der Waals surface area contributed by atoms with Gasteiger partial charge in [-0.15, -0.1) is 11.3 Å². The summed E-state index contributed by atoms with van der Waals surface area (Å²) in [6.45, 7) is 0. The molecule has 1 amide bonds. The Hall–Kier alpha value is -3.12. The highest BCUT2D eigenvalue weighted by Gasteiger charge is 2.17. The minimum atomic E-state index is -0.0650. The van der Waals surface area contributed by atoms with Crippen molar-refractivity contribution in [2.24, 2.45) is 0 Å². The molecule has 0 radical (unpaired) electrons. The number of nitrogens with zero attached hydrogens (tertiary/aromatic N) is 2. The zero-order chi connectivity index (χ0) is 19.0. The van der Waals surface area contributed by atoms with Gasteiger partial charge in [-0.1, -0.05) is 0 Å². The Morgan fingerprint density at radius 2 is 1.63 bits per heavy atom. The third kappa shape index (κ3) is 3.19. The van der Waals surface area contributed by atoms with Gasteiger partial charge in [-0.05, 0) is 48.5 Å². The third-order valence-electron chi connectivity index (χ3n) is 4.49. The molecule has 2 heterocycles. The highest BCUT2D eigenvalue weighted by atomic mass is 32.1. The lowest BCUT2D eigenvalue weighted by Crippen LogP contribution is -2.25. The fourth-order valence-corrected chi connectivity index (χ4v) is 3.92. The molecule has 0 aliphatic rings. The van der Waals surface area contributed by atoms with Crippen molar-refractivity contribution in [1.82, 2.24) is 4.98 Å². The Morgan fingerprint density at radius 3 is 2.33 bits per heavy atom. The quantitative estimate of drug-likeness (QED) is 0.514. The highest BCUT2D eigenvalue weighted by molar-refractivity contribution is 7.20. The lowest BCUT2D eigenvalue weighted by Gasteiger charge is -2.16. The first kappa shape index (κ1) is 17.3. The molecule has 0 unspecified atom stereocenters. The molecule has 0 atom stereocenters. The third-order valence-corrected chi connectivity index (χ3v) is 5.52. The van der Waals surface area contributed by atoms with E-state index in [1.165, 1.54) is 11.3 Å². The SMILES string of the molecule is COc1ccc(N(C)C(=O)c2cc3cc4ccc(OC)cc4nc3s2)cc1. The van der Waals surface area contributed by atoms with Crippen molar-refractivity contribution < 1.29 is 14.3 Å². The molecule has 0 fully saturated rings. The average molecular weight is 378 g/mol. The number of benzene rings is 2. The van der Waals surface area contributed by atoms with Crippen LogP contribution < -0.4 is 14.4 Å². The molecule has 0 spiro atoms. The predicted molar refractivity (Wildman–Crippen MR) is 109 cm³/mol. The summed E-state index contributed by atoms with van der Waals surface area (Å²) in [5.41, 5.74) is 1.66. The first-order chi connectivity index (χ1) is 13.1. The predicted octanol–water partition coefficient (Wildman–Crippen LogP) is 4.74. The molecule has 4 aromatic rings. The monoisotopic (exact) mass is 378 g/mol. The topological polar surface area (TPSA) is 51.7 Å². The van der Waals surface area contributed by atoms with Crippen LogP contribution in [-0.2, 0) is 0 Å². The molecule has 27 heavy (non-hydrogen) atoms. The number of pyridine rings is 1. The van der Waals surface area contributed by atoms with Crippen LogP contribution in [-0.4, -0.2) is 32.2 Å². The van der Waals surface area contributed by atoms with Gasteiger partial charge >= 0.3 is 0 Å². The van der Waals surface area contributed by atoms with E-state index in [9.17, 15) is 4.79 Å². The van der Waals surface area contributed by atoms with Gasteiger partial charge in [0, 0.05) is 29.6 Å². The molecule has 0 N–H and O–H groups in total. The fraction of sp³-hybridized carbons (Fsp3) is 0.143. The number of carbonyl (C=O) groups excluding carboxylic acids is 1. The van der Waals surface area contributed by atoms with Crippen LogP contribution in [0.2, 0.25) is 0 Å². The molecule has 0 saturated heterocycles. The van der Waals surface area contributed by atoms with Gasteiger partial charge in [-0.25, -0.2) is 4.98 Å². The van der Waals surface area contributed by atoms with Gasteiger partial charge in [-0.3, -0.25) is 4.79 Å². The van der Waals surface area contributed by atoms with Crippen molar-refractivity contribution in [3.05, 3.63) is 59.5 Å². The Balaban J connectivity index is 1.69. The number of hydrogen-bond donors (Lipinski definition) is 0. The largest absolute Gasteiger partial charge is 0.497 e. The Labute approximate surface area is 160 Å². The molecule has 136 valence electrons. The molecule has 0 aliphatic heterocycles. The molecular weight excluding hydrogens is 360 g/mol. The maximum Gasteiger partial charge on any atom is 0.268 e. The molecule has 6 heteroatoms. The zero-order valence-corrected chi connectivity index (χ0v) is 16.0. The van der Waals surface area contributed by atoms with E-state index in [-0.39, 0.29) is 5.91 Å². The number of amides is 1. The van der Waals surface area contributed by atoms with Crippen molar-refractivity contribution in [3.8, 4) is 11.5 Å². The number of carbonyl (C=O) groups is 1. The molecular formula is C21H18N2O3S. The van der Waals surface area contributed by atoms with Gasteiger partial charge in [0.1, 0.15) is 16.3 Å². The molecule has 2 aromatic heterocycles. The van der Waals surface area contributed by atoms with Crippen LogP contribution in [0.3, 0.4) is 0 Å². The van der Waals surface area contributed by atoms with Gasteiger partial charge in [0.15, 0.2) is 0 Å². The van der Waals surface area contributed by atoms with Gasteiger partial charge in [0.05, 0.1) is 24.6 Å². The van der Waals surface area contributed by atoms with Crippen molar-refractivity contribution in [2.45, 2.75) is 0 Å². The van der Waals surface area contributed by atoms with Gasteiger partial charge < -0.3 is 14.4 Å². The summed E-state index contributed by atoms with van der Waals surface area (Å²) in [5, 5.41) is 1.98. The van der Waals surface area contributed by atoms with Crippen LogP contribution >= 0.6 is 11.3 Å². The summed E-state index contributed by atoms with van der Waals surface area (Å²) in [6.07, 6.45) is 0. The first-order valence-corrected chi connectivity index (χ1v) is 9.21. The number of aromatic nitrogens is 1. The first-order valence-electron chi connectivity index (χ1n) is 8.39. The molecule has 0 saturated carbocycles. The zero-order valence-electron chi connectivity index (χ0n) is 15.2. The minimum Gasteiger partial charge on any atom is -0.497 e. The van der Waals surface area contributed by atoms with E-state index >= 15 is 0 Å². The van der Waals surface area contributed by atoms with Gasteiger partial charge in [-0.2, -0.15) is 0 Å². The summed E-state index contributed by atoms with van der Waals surface area (Å²) in [7, 11) is 5.02. The number of hydrogen-bond acceptors (Lipinski definition) is 5. The summed E-state index contributed by atoms with van der Waals surface area (Å²) in [6, 6.07) is 17.1. The van der Waals surface area contributed by atoms with Gasteiger partial charge in [0.2, 0.25) is 0 Å². The normalized spacial score (nSPS) is 10.9. The van der Waals surface area contributed by atoms with E-state index in [2.05, 4.69) is 6.07 Å². The van der Waals surface area contributed by atoms with E-state index in [0.717, 1.165) is 38.3 Å². The lowest BCUT2D eigenvalue weighted by atomic mass is 10.2. The average Bonchev–Trinajstić information content (AvgIpc) is 3.13.